The van der Waals surface area contributed by atoms with Gasteiger partial charge in [-0.05, 0) is 72.6 Å². The van der Waals surface area contributed by atoms with Crippen molar-refractivity contribution in [1.29, 1.82) is 0 Å². The number of hydrogen-bond donors (Lipinski definition) is 1. The SMILES string of the molecule is CN(CCOc1ccc(-c2cnc(C3CCCCC3)s2)c(S(=O)NC(C)(C)C)c1)C(=O)OC(C)(C)C. The molecule has 1 heterocycles. The Hall–Kier alpha value is -1.97. The number of nitrogens with zero attached hydrogens (tertiary/aromatic N) is 2. The van der Waals surface area contributed by atoms with Crippen molar-refractivity contribution in [3.63, 3.8) is 0 Å². The van der Waals surface area contributed by atoms with Gasteiger partial charge in [0.1, 0.15) is 28.9 Å². The number of carbonyl (C=O) groups excluding carboxylic acids is 1. The second-order valence-electron chi connectivity index (χ2n) is 11.4. The Labute approximate surface area is 222 Å². The molecule has 1 aromatic heterocycles. The molecule has 1 atom stereocenters. The third kappa shape index (κ3) is 8.56. The van der Waals surface area contributed by atoms with Crippen LogP contribution in [0.5, 0.6) is 5.75 Å². The molecule has 1 saturated carbocycles. The Balaban J connectivity index is 1.77. The molecule has 1 N–H and O–H groups in total. The molecular formula is C27H41N3O4S2. The van der Waals surface area contributed by atoms with Crippen LogP contribution in [0.2, 0.25) is 0 Å². The fourth-order valence-corrected chi connectivity index (χ4v) is 6.42. The summed E-state index contributed by atoms with van der Waals surface area (Å²) in [5, 5.41) is 1.18. The highest BCUT2D eigenvalue weighted by Gasteiger charge is 2.23. The van der Waals surface area contributed by atoms with Gasteiger partial charge < -0.3 is 14.4 Å². The van der Waals surface area contributed by atoms with Gasteiger partial charge in [0.25, 0.3) is 0 Å². The number of benzene rings is 1. The first-order valence-corrected chi connectivity index (χ1v) is 14.7. The number of carbonyl (C=O) groups is 1. The molecule has 0 saturated heterocycles. The number of hydrogen-bond acceptors (Lipinski definition) is 6. The van der Waals surface area contributed by atoms with Gasteiger partial charge in [-0.3, -0.25) is 0 Å². The molecule has 2 aromatic rings. The number of aromatic nitrogens is 1. The predicted molar refractivity (Wildman–Crippen MR) is 147 cm³/mol. The van der Waals surface area contributed by atoms with E-state index >= 15 is 0 Å². The van der Waals surface area contributed by atoms with Crippen molar-refractivity contribution in [2.45, 2.75) is 95.6 Å². The molecule has 1 aromatic carbocycles. The van der Waals surface area contributed by atoms with E-state index in [2.05, 4.69) is 4.72 Å². The Morgan fingerprint density at radius 2 is 1.86 bits per heavy atom. The van der Waals surface area contributed by atoms with E-state index < -0.39 is 22.7 Å². The van der Waals surface area contributed by atoms with Gasteiger partial charge in [0, 0.05) is 30.3 Å². The number of thiazole rings is 1. The average Bonchev–Trinajstić information content (AvgIpc) is 3.27. The quantitative estimate of drug-likeness (QED) is 0.416. The summed E-state index contributed by atoms with van der Waals surface area (Å²) in [5.74, 6) is 1.14. The first-order valence-electron chi connectivity index (χ1n) is 12.7. The highest BCUT2D eigenvalue weighted by atomic mass is 32.2. The van der Waals surface area contributed by atoms with Gasteiger partial charge in [0.15, 0.2) is 0 Å². The molecule has 200 valence electrons. The van der Waals surface area contributed by atoms with Gasteiger partial charge >= 0.3 is 6.09 Å². The molecule has 1 amide bonds. The summed E-state index contributed by atoms with van der Waals surface area (Å²) in [5.41, 5.74) is 0.0350. The first-order chi connectivity index (χ1) is 16.8. The molecule has 3 rings (SSSR count). The van der Waals surface area contributed by atoms with Crippen LogP contribution in [-0.2, 0) is 15.7 Å². The molecule has 9 heteroatoms. The van der Waals surface area contributed by atoms with Gasteiger partial charge in [-0.1, -0.05) is 19.3 Å². The molecule has 0 spiro atoms. The lowest BCUT2D eigenvalue weighted by Gasteiger charge is -2.24. The van der Waals surface area contributed by atoms with E-state index in [0.29, 0.717) is 29.7 Å². The van der Waals surface area contributed by atoms with Gasteiger partial charge in [-0.15, -0.1) is 11.3 Å². The highest BCUT2D eigenvalue weighted by Crippen LogP contribution is 2.39. The van der Waals surface area contributed by atoms with E-state index in [-0.39, 0.29) is 5.54 Å². The van der Waals surface area contributed by atoms with Crippen LogP contribution < -0.4 is 9.46 Å². The third-order valence-electron chi connectivity index (χ3n) is 5.70. The molecular weight excluding hydrogens is 494 g/mol. The Morgan fingerprint density at radius 1 is 1.17 bits per heavy atom. The maximum Gasteiger partial charge on any atom is 0.410 e. The van der Waals surface area contributed by atoms with Gasteiger partial charge in [-0.25, -0.2) is 18.7 Å². The van der Waals surface area contributed by atoms with Crippen LogP contribution in [0.15, 0.2) is 29.3 Å². The van der Waals surface area contributed by atoms with E-state index in [9.17, 15) is 9.00 Å². The van der Waals surface area contributed by atoms with E-state index in [1.807, 2.05) is 65.9 Å². The maximum atomic E-state index is 13.4. The monoisotopic (exact) mass is 535 g/mol. The second-order valence-corrected chi connectivity index (χ2v) is 13.7. The molecule has 36 heavy (non-hydrogen) atoms. The average molecular weight is 536 g/mol. The summed E-state index contributed by atoms with van der Waals surface area (Å²) in [7, 11) is 0.243. The Bertz CT molecular complexity index is 1050. The fraction of sp³-hybridized carbons (Fsp3) is 0.630. The van der Waals surface area contributed by atoms with Crippen molar-refractivity contribution in [3.8, 4) is 16.2 Å². The molecule has 0 radical (unpaired) electrons. The van der Waals surface area contributed by atoms with E-state index in [1.54, 1.807) is 18.4 Å². The molecule has 1 unspecified atom stereocenters. The normalized spacial score (nSPS) is 16.0. The minimum atomic E-state index is -1.44. The summed E-state index contributed by atoms with van der Waals surface area (Å²) in [6.45, 7) is 12.2. The second kappa shape index (κ2) is 12.0. The number of amides is 1. The van der Waals surface area contributed by atoms with Crippen LogP contribution >= 0.6 is 11.3 Å². The zero-order valence-corrected chi connectivity index (χ0v) is 24.3. The standard InChI is InChI=1S/C27H41N3O4S2/c1-26(2,3)29-36(32)23-17-20(33-16-15-30(7)25(31)34-27(4,5)6)13-14-21(23)22-18-28-24(35-22)19-11-9-8-10-12-19/h13-14,17-19,29H,8-12,15-16H2,1-7H3. The van der Waals surface area contributed by atoms with Crippen molar-refractivity contribution < 1.29 is 18.5 Å². The molecule has 0 aliphatic heterocycles. The molecule has 1 aliphatic rings. The predicted octanol–water partition coefficient (Wildman–Crippen LogP) is 6.51. The molecule has 1 aliphatic carbocycles. The zero-order chi connectivity index (χ0) is 26.5. The van der Waals surface area contributed by atoms with Crippen molar-refractivity contribution in [3.05, 3.63) is 29.4 Å². The van der Waals surface area contributed by atoms with Gasteiger partial charge in [0.2, 0.25) is 0 Å². The smallest absolute Gasteiger partial charge is 0.410 e. The largest absolute Gasteiger partial charge is 0.492 e. The molecule has 1 fully saturated rings. The van der Waals surface area contributed by atoms with Gasteiger partial charge in [-0.2, -0.15) is 0 Å². The summed E-state index contributed by atoms with van der Waals surface area (Å²) in [4.78, 5) is 20.1. The summed E-state index contributed by atoms with van der Waals surface area (Å²) in [6, 6.07) is 5.68. The van der Waals surface area contributed by atoms with Crippen molar-refractivity contribution >= 4 is 28.4 Å². The highest BCUT2D eigenvalue weighted by molar-refractivity contribution is 7.83. The number of likely N-dealkylation sites (N-methyl/N-ethyl adjacent to an activating group) is 1. The van der Waals surface area contributed by atoms with Crippen LogP contribution in [0.3, 0.4) is 0 Å². The Morgan fingerprint density at radius 3 is 2.50 bits per heavy atom. The first kappa shape index (κ1) is 28.6. The van der Waals surface area contributed by atoms with Crippen LogP contribution in [0.4, 0.5) is 4.79 Å². The molecule has 0 bridgehead atoms. The molecule has 7 nitrogen and oxygen atoms in total. The van der Waals surface area contributed by atoms with Crippen LogP contribution in [0.25, 0.3) is 10.4 Å². The number of ether oxygens (including phenoxy) is 2. The van der Waals surface area contributed by atoms with E-state index in [1.165, 1.54) is 42.0 Å². The minimum absolute atomic E-state index is 0.292. The van der Waals surface area contributed by atoms with E-state index in [4.69, 9.17) is 14.5 Å². The summed E-state index contributed by atoms with van der Waals surface area (Å²) >= 11 is 1.71. The minimum Gasteiger partial charge on any atom is -0.492 e. The maximum absolute atomic E-state index is 13.4. The lowest BCUT2D eigenvalue weighted by atomic mass is 9.90. The summed E-state index contributed by atoms with van der Waals surface area (Å²) in [6.07, 6.45) is 7.75. The van der Waals surface area contributed by atoms with Crippen molar-refractivity contribution in [2.75, 3.05) is 20.2 Å². The van der Waals surface area contributed by atoms with Gasteiger partial charge in [0.05, 0.1) is 21.3 Å². The summed E-state index contributed by atoms with van der Waals surface area (Å²) < 4.78 is 27.9. The zero-order valence-electron chi connectivity index (χ0n) is 22.7. The fourth-order valence-electron chi connectivity index (χ4n) is 3.96. The van der Waals surface area contributed by atoms with E-state index in [0.717, 1.165) is 10.4 Å². The van der Waals surface area contributed by atoms with Crippen LogP contribution in [-0.4, -0.2) is 51.5 Å². The lowest BCUT2D eigenvalue weighted by molar-refractivity contribution is 0.0278. The van der Waals surface area contributed by atoms with Crippen LogP contribution in [0.1, 0.15) is 84.6 Å². The van der Waals surface area contributed by atoms with Crippen LogP contribution in [0, 0.1) is 0 Å². The third-order valence-corrected chi connectivity index (χ3v) is 8.42. The lowest BCUT2D eigenvalue weighted by Crippen LogP contribution is -2.37. The Kier molecular flexibility index (Phi) is 9.57. The van der Waals surface area contributed by atoms with Crippen molar-refractivity contribution in [1.82, 2.24) is 14.6 Å². The number of nitrogens with one attached hydrogen (secondary N) is 1. The topological polar surface area (TPSA) is 80.8 Å². The van der Waals surface area contributed by atoms with Crippen molar-refractivity contribution in [2.24, 2.45) is 0 Å². The number of rotatable bonds is 8.